The van der Waals surface area contributed by atoms with Crippen molar-refractivity contribution >= 4 is 11.6 Å². The lowest BCUT2D eigenvalue weighted by Crippen LogP contribution is -2.33. The van der Waals surface area contributed by atoms with E-state index in [1.807, 2.05) is 13.8 Å². The number of carbonyl (C=O) groups excluding carboxylic acids is 1. The van der Waals surface area contributed by atoms with Crippen molar-refractivity contribution in [3.63, 3.8) is 0 Å². The van der Waals surface area contributed by atoms with Gasteiger partial charge in [-0.05, 0) is 26.3 Å². The fraction of sp³-hybridized carbons (Fsp3) is 0.571. The van der Waals surface area contributed by atoms with Gasteiger partial charge in [0.05, 0.1) is 12.3 Å². The number of hydrogen-bond acceptors (Lipinski definition) is 4. The largest absolute Gasteiger partial charge is 0.383 e. The predicted molar refractivity (Wildman–Crippen MR) is 78.7 cm³/mol. The summed E-state index contributed by atoms with van der Waals surface area (Å²) >= 11 is 0. The Hall–Kier alpha value is -1.66. The van der Waals surface area contributed by atoms with Crippen LogP contribution in [0.3, 0.4) is 0 Å². The van der Waals surface area contributed by atoms with Gasteiger partial charge in [0.15, 0.2) is 0 Å². The van der Waals surface area contributed by atoms with Crippen molar-refractivity contribution in [3.8, 4) is 0 Å². The summed E-state index contributed by atoms with van der Waals surface area (Å²) in [4.78, 5) is 23.4. The van der Waals surface area contributed by atoms with Gasteiger partial charge in [-0.3, -0.25) is 9.59 Å². The van der Waals surface area contributed by atoms with Gasteiger partial charge in [-0.25, -0.2) is 0 Å². The van der Waals surface area contributed by atoms with Crippen molar-refractivity contribution in [2.45, 2.75) is 38.8 Å². The zero-order valence-corrected chi connectivity index (χ0v) is 12.3. The van der Waals surface area contributed by atoms with E-state index in [0.29, 0.717) is 31.7 Å². The maximum absolute atomic E-state index is 11.8. The number of methoxy groups -OCH3 is 1. The van der Waals surface area contributed by atoms with Crippen molar-refractivity contribution in [1.29, 1.82) is 0 Å². The van der Waals surface area contributed by atoms with Crippen LogP contribution < -0.4 is 16.6 Å². The van der Waals surface area contributed by atoms with E-state index >= 15 is 0 Å². The van der Waals surface area contributed by atoms with Gasteiger partial charge >= 0.3 is 0 Å². The van der Waals surface area contributed by atoms with Gasteiger partial charge < -0.3 is 20.4 Å². The predicted octanol–water partition coefficient (Wildman–Crippen LogP) is 0.951. The van der Waals surface area contributed by atoms with Gasteiger partial charge in [-0.2, -0.15) is 0 Å². The molecule has 3 N–H and O–H groups in total. The van der Waals surface area contributed by atoms with Crippen LogP contribution in [0.2, 0.25) is 0 Å². The first-order valence-corrected chi connectivity index (χ1v) is 6.60. The Morgan fingerprint density at radius 2 is 2.15 bits per heavy atom. The summed E-state index contributed by atoms with van der Waals surface area (Å²) in [7, 11) is 1.57. The number of amides is 1. The number of pyridine rings is 1. The normalized spacial score (nSPS) is 11.4. The second kappa shape index (κ2) is 7.21. The molecule has 6 nitrogen and oxygen atoms in total. The minimum Gasteiger partial charge on any atom is -0.383 e. The van der Waals surface area contributed by atoms with Gasteiger partial charge in [-0.1, -0.05) is 0 Å². The lowest BCUT2D eigenvalue weighted by Gasteiger charge is -2.17. The maximum Gasteiger partial charge on any atom is 0.250 e. The van der Waals surface area contributed by atoms with Gasteiger partial charge in [0.25, 0.3) is 5.56 Å². The summed E-state index contributed by atoms with van der Waals surface area (Å²) < 4.78 is 6.44. The van der Waals surface area contributed by atoms with Gasteiger partial charge in [0.2, 0.25) is 5.91 Å². The molecule has 0 bridgehead atoms. The summed E-state index contributed by atoms with van der Waals surface area (Å²) in [5.41, 5.74) is 5.95. The molecule has 0 spiro atoms. The summed E-state index contributed by atoms with van der Waals surface area (Å²) in [6.07, 6.45) is 2.57. The third-order valence-electron chi connectivity index (χ3n) is 2.80. The molecule has 0 saturated heterocycles. The van der Waals surface area contributed by atoms with E-state index in [1.165, 1.54) is 10.6 Å². The van der Waals surface area contributed by atoms with Crippen LogP contribution in [0, 0.1) is 0 Å². The Morgan fingerprint density at radius 3 is 2.75 bits per heavy atom. The first kappa shape index (κ1) is 16.4. The Morgan fingerprint density at radius 1 is 1.45 bits per heavy atom. The summed E-state index contributed by atoms with van der Waals surface area (Å²) in [5, 5.41) is 2.76. The van der Waals surface area contributed by atoms with Crippen molar-refractivity contribution in [2.24, 2.45) is 5.73 Å². The highest BCUT2D eigenvalue weighted by Gasteiger charge is 2.13. The number of hydrogen-bond donors (Lipinski definition) is 2. The number of rotatable bonds is 7. The zero-order valence-electron chi connectivity index (χ0n) is 12.3. The minimum atomic E-state index is -0.366. The quantitative estimate of drug-likeness (QED) is 0.779. The SMILES string of the molecule is COCCn1cc(NC(=O)CCC(C)(C)N)ccc1=O. The molecule has 112 valence electrons. The molecule has 0 atom stereocenters. The first-order valence-electron chi connectivity index (χ1n) is 6.60. The summed E-state index contributed by atoms with van der Waals surface area (Å²) in [6.45, 7) is 4.66. The molecule has 0 fully saturated rings. The first-order chi connectivity index (χ1) is 9.31. The van der Waals surface area contributed by atoms with Crippen LogP contribution in [0.1, 0.15) is 26.7 Å². The summed E-state index contributed by atoms with van der Waals surface area (Å²) in [6, 6.07) is 3.02. The Kier molecular flexibility index (Phi) is 5.91. The average Bonchev–Trinajstić information content (AvgIpc) is 2.36. The molecular weight excluding hydrogens is 258 g/mol. The van der Waals surface area contributed by atoms with Crippen LogP contribution in [-0.4, -0.2) is 29.7 Å². The van der Waals surface area contributed by atoms with E-state index in [4.69, 9.17) is 10.5 Å². The van der Waals surface area contributed by atoms with Crippen LogP contribution in [0.4, 0.5) is 5.69 Å². The van der Waals surface area contributed by atoms with Crippen molar-refractivity contribution in [3.05, 3.63) is 28.7 Å². The molecule has 0 aliphatic heterocycles. The molecule has 1 aromatic heterocycles. The molecule has 6 heteroatoms. The van der Waals surface area contributed by atoms with E-state index in [2.05, 4.69) is 5.32 Å². The van der Waals surface area contributed by atoms with E-state index in [9.17, 15) is 9.59 Å². The fourth-order valence-electron chi connectivity index (χ4n) is 1.63. The van der Waals surface area contributed by atoms with Crippen molar-refractivity contribution < 1.29 is 9.53 Å². The highest BCUT2D eigenvalue weighted by atomic mass is 16.5. The fourth-order valence-corrected chi connectivity index (χ4v) is 1.63. The lowest BCUT2D eigenvalue weighted by molar-refractivity contribution is -0.116. The van der Waals surface area contributed by atoms with Gasteiger partial charge in [0, 0.05) is 37.9 Å². The standard InChI is InChI=1S/C14H23N3O3/c1-14(2,15)7-6-12(18)16-11-4-5-13(19)17(10-11)8-9-20-3/h4-5,10H,6-9,15H2,1-3H3,(H,16,18). The molecule has 0 radical (unpaired) electrons. The minimum absolute atomic E-state index is 0.111. The number of anilines is 1. The lowest BCUT2D eigenvalue weighted by atomic mass is 10.00. The van der Waals surface area contributed by atoms with Crippen LogP contribution in [-0.2, 0) is 16.1 Å². The molecule has 0 aromatic carbocycles. The maximum atomic E-state index is 11.8. The molecule has 1 amide bonds. The molecule has 0 aliphatic rings. The number of nitrogens with one attached hydrogen (secondary N) is 1. The smallest absolute Gasteiger partial charge is 0.250 e. The topological polar surface area (TPSA) is 86.3 Å². The van der Waals surface area contributed by atoms with E-state index in [0.717, 1.165) is 0 Å². The Bertz CT molecular complexity index is 503. The third-order valence-corrected chi connectivity index (χ3v) is 2.80. The third kappa shape index (κ3) is 5.99. The highest BCUT2D eigenvalue weighted by Crippen LogP contribution is 2.09. The van der Waals surface area contributed by atoms with Crippen molar-refractivity contribution in [1.82, 2.24) is 4.57 Å². The summed E-state index contributed by atoms with van der Waals surface area (Å²) in [5.74, 6) is -0.111. The van der Waals surface area contributed by atoms with Crippen LogP contribution >= 0.6 is 0 Å². The number of ether oxygens (including phenoxy) is 1. The highest BCUT2D eigenvalue weighted by molar-refractivity contribution is 5.90. The molecule has 1 heterocycles. The second-order valence-electron chi connectivity index (χ2n) is 5.48. The molecule has 0 aliphatic carbocycles. The molecule has 1 aromatic rings. The van der Waals surface area contributed by atoms with E-state index in [1.54, 1.807) is 19.4 Å². The zero-order chi connectivity index (χ0) is 15.2. The molecule has 1 rings (SSSR count). The van der Waals surface area contributed by atoms with E-state index < -0.39 is 0 Å². The molecule has 0 saturated carbocycles. The monoisotopic (exact) mass is 281 g/mol. The number of nitrogens with two attached hydrogens (primary N) is 1. The number of carbonyl (C=O) groups is 1. The Balaban J connectivity index is 2.63. The average molecular weight is 281 g/mol. The van der Waals surface area contributed by atoms with Crippen LogP contribution in [0.15, 0.2) is 23.1 Å². The molecule has 20 heavy (non-hydrogen) atoms. The van der Waals surface area contributed by atoms with Crippen molar-refractivity contribution in [2.75, 3.05) is 19.0 Å². The van der Waals surface area contributed by atoms with Gasteiger partial charge in [-0.15, -0.1) is 0 Å². The number of aromatic nitrogens is 1. The second-order valence-corrected chi connectivity index (χ2v) is 5.48. The van der Waals surface area contributed by atoms with Crippen LogP contribution in [0.5, 0.6) is 0 Å². The van der Waals surface area contributed by atoms with Gasteiger partial charge in [0.1, 0.15) is 0 Å². The number of nitrogens with zero attached hydrogens (tertiary/aromatic N) is 1. The van der Waals surface area contributed by atoms with E-state index in [-0.39, 0.29) is 17.0 Å². The molecular formula is C14H23N3O3. The molecule has 0 unspecified atom stereocenters. The Labute approximate surface area is 118 Å². The van der Waals surface area contributed by atoms with Crippen LogP contribution in [0.25, 0.3) is 0 Å².